The van der Waals surface area contributed by atoms with Crippen LogP contribution in [0.1, 0.15) is 24.0 Å². The van der Waals surface area contributed by atoms with E-state index in [-0.39, 0.29) is 0 Å². The Balaban J connectivity index is 1.37. The van der Waals surface area contributed by atoms with Crippen LogP contribution in [0.15, 0.2) is 29.3 Å². The van der Waals surface area contributed by atoms with Crippen molar-refractivity contribution in [3.05, 3.63) is 35.4 Å². The Hall–Kier alpha value is -0.960. The van der Waals surface area contributed by atoms with Crippen LogP contribution < -0.4 is 5.32 Å². The first-order chi connectivity index (χ1) is 8.88. The molecule has 1 unspecified atom stereocenters. The Kier molecular flexibility index (Phi) is 2.61. The Labute approximate surface area is 112 Å². The van der Waals surface area contributed by atoms with Crippen molar-refractivity contribution in [3.8, 4) is 0 Å². The molecule has 1 N–H and O–H groups in total. The topological polar surface area (TPSA) is 24.4 Å². The van der Waals surface area contributed by atoms with Crippen molar-refractivity contribution < 1.29 is 0 Å². The van der Waals surface area contributed by atoms with Gasteiger partial charge in [-0.15, -0.1) is 0 Å². The summed E-state index contributed by atoms with van der Waals surface area (Å²) in [7, 11) is 0. The summed E-state index contributed by atoms with van der Waals surface area (Å²) >= 11 is 1.99. The van der Waals surface area contributed by atoms with Gasteiger partial charge in [0.15, 0.2) is 5.17 Å². The van der Waals surface area contributed by atoms with E-state index in [1.807, 2.05) is 11.8 Å². The van der Waals surface area contributed by atoms with Crippen LogP contribution in [0.25, 0.3) is 0 Å². The quantitative estimate of drug-likeness (QED) is 0.882. The molecule has 1 aromatic carbocycles. The molecule has 2 nitrogen and oxygen atoms in total. The summed E-state index contributed by atoms with van der Waals surface area (Å²) < 4.78 is 0. The number of rotatable bonds is 2. The van der Waals surface area contributed by atoms with Gasteiger partial charge in [-0.3, -0.25) is 4.99 Å². The van der Waals surface area contributed by atoms with E-state index in [9.17, 15) is 0 Å². The summed E-state index contributed by atoms with van der Waals surface area (Å²) in [6.07, 6.45) is 5.17. The fourth-order valence-electron chi connectivity index (χ4n) is 3.02. The van der Waals surface area contributed by atoms with Gasteiger partial charge < -0.3 is 5.32 Å². The third-order valence-corrected chi connectivity index (χ3v) is 5.51. The minimum atomic E-state index is 0.562. The second kappa shape index (κ2) is 4.30. The van der Waals surface area contributed by atoms with Crippen LogP contribution in [0.4, 0.5) is 0 Å². The van der Waals surface area contributed by atoms with Crippen LogP contribution in [0.2, 0.25) is 0 Å². The second-order valence-electron chi connectivity index (χ2n) is 5.66. The minimum absolute atomic E-state index is 0.562. The van der Waals surface area contributed by atoms with E-state index in [0.29, 0.717) is 6.04 Å². The molecule has 0 amide bonds. The SMILES string of the molecule is c1ccc2c(c1)CC(NC1=NCC(C3CC3)S1)C2. The van der Waals surface area contributed by atoms with Crippen molar-refractivity contribution in [2.45, 2.75) is 37.0 Å². The van der Waals surface area contributed by atoms with Crippen molar-refractivity contribution in [2.75, 3.05) is 6.54 Å². The summed E-state index contributed by atoms with van der Waals surface area (Å²) in [5.41, 5.74) is 3.02. The highest BCUT2D eigenvalue weighted by atomic mass is 32.2. The zero-order valence-corrected chi connectivity index (χ0v) is 11.2. The van der Waals surface area contributed by atoms with Gasteiger partial charge >= 0.3 is 0 Å². The van der Waals surface area contributed by atoms with E-state index < -0.39 is 0 Å². The summed E-state index contributed by atoms with van der Waals surface area (Å²) in [5.74, 6) is 0.957. The van der Waals surface area contributed by atoms with E-state index in [4.69, 9.17) is 0 Å². The zero-order chi connectivity index (χ0) is 11.9. The average Bonchev–Trinajstić information content (AvgIpc) is 2.99. The van der Waals surface area contributed by atoms with Crippen LogP contribution >= 0.6 is 11.8 Å². The van der Waals surface area contributed by atoms with Gasteiger partial charge in [0.2, 0.25) is 0 Å². The zero-order valence-electron chi connectivity index (χ0n) is 10.4. The van der Waals surface area contributed by atoms with Crippen molar-refractivity contribution in [3.63, 3.8) is 0 Å². The van der Waals surface area contributed by atoms with E-state index in [1.54, 1.807) is 0 Å². The number of thioether (sulfide) groups is 1. The second-order valence-corrected chi connectivity index (χ2v) is 6.89. The lowest BCUT2D eigenvalue weighted by atomic mass is 10.1. The molecule has 1 fully saturated rings. The Morgan fingerprint density at radius 1 is 1.11 bits per heavy atom. The Bertz CT molecular complexity index is 468. The number of nitrogens with one attached hydrogen (secondary N) is 1. The predicted molar refractivity (Wildman–Crippen MR) is 77.2 cm³/mol. The molecular formula is C15H18N2S. The number of nitrogens with zero attached hydrogens (tertiary/aromatic N) is 1. The lowest BCUT2D eigenvalue weighted by Gasteiger charge is -2.13. The van der Waals surface area contributed by atoms with Gasteiger partial charge in [-0.1, -0.05) is 36.0 Å². The van der Waals surface area contributed by atoms with E-state index in [1.165, 1.54) is 29.1 Å². The summed E-state index contributed by atoms with van der Waals surface area (Å²) in [6, 6.07) is 9.37. The van der Waals surface area contributed by atoms with Gasteiger partial charge in [0.25, 0.3) is 0 Å². The van der Waals surface area contributed by atoms with E-state index in [2.05, 4.69) is 34.6 Å². The maximum absolute atomic E-state index is 4.67. The smallest absolute Gasteiger partial charge is 0.157 e. The van der Waals surface area contributed by atoms with Crippen LogP contribution in [-0.4, -0.2) is 23.0 Å². The lowest BCUT2D eigenvalue weighted by Crippen LogP contribution is -2.33. The standard InChI is InChI=1S/C15H18N2S/c1-2-4-12-8-13(7-11(12)3-1)17-15-16-9-14(18-15)10-5-6-10/h1-4,10,13-14H,5-9H2,(H,16,17). The molecule has 1 aromatic rings. The highest BCUT2D eigenvalue weighted by Gasteiger charge is 2.36. The first-order valence-corrected chi connectivity index (χ1v) is 7.81. The molecule has 0 bridgehead atoms. The van der Waals surface area contributed by atoms with Crippen LogP contribution in [0.3, 0.4) is 0 Å². The summed E-state index contributed by atoms with van der Waals surface area (Å²) in [5, 5.41) is 5.62. The van der Waals surface area contributed by atoms with Gasteiger partial charge in [-0.05, 0) is 42.7 Å². The monoisotopic (exact) mass is 258 g/mol. The first kappa shape index (κ1) is 10.9. The number of hydrogen-bond donors (Lipinski definition) is 1. The maximum Gasteiger partial charge on any atom is 0.157 e. The molecule has 0 saturated heterocycles. The highest BCUT2D eigenvalue weighted by molar-refractivity contribution is 8.14. The largest absolute Gasteiger partial charge is 0.362 e. The summed E-state index contributed by atoms with van der Waals surface area (Å²) in [4.78, 5) is 4.67. The molecule has 0 spiro atoms. The van der Waals surface area contributed by atoms with Crippen molar-refractivity contribution in [1.29, 1.82) is 0 Å². The van der Waals surface area contributed by atoms with Gasteiger partial charge in [-0.2, -0.15) is 0 Å². The molecule has 18 heavy (non-hydrogen) atoms. The van der Waals surface area contributed by atoms with E-state index in [0.717, 1.165) is 30.6 Å². The van der Waals surface area contributed by atoms with Crippen LogP contribution in [0.5, 0.6) is 0 Å². The number of amidine groups is 1. The molecule has 0 radical (unpaired) electrons. The fraction of sp³-hybridized carbons (Fsp3) is 0.533. The van der Waals surface area contributed by atoms with Crippen LogP contribution in [-0.2, 0) is 12.8 Å². The number of benzene rings is 1. The molecule has 1 saturated carbocycles. The first-order valence-electron chi connectivity index (χ1n) is 6.93. The number of fused-ring (bicyclic) bond motifs is 1. The predicted octanol–water partition coefficient (Wildman–Crippen LogP) is 2.62. The van der Waals surface area contributed by atoms with Gasteiger partial charge in [0.05, 0.1) is 6.54 Å². The van der Waals surface area contributed by atoms with E-state index >= 15 is 0 Å². The van der Waals surface area contributed by atoms with Gasteiger partial charge in [0, 0.05) is 11.3 Å². The third-order valence-electron chi connectivity index (χ3n) is 4.20. The van der Waals surface area contributed by atoms with Crippen LogP contribution in [0, 0.1) is 5.92 Å². The van der Waals surface area contributed by atoms with Crippen molar-refractivity contribution >= 4 is 16.9 Å². The minimum Gasteiger partial charge on any atom is -0.362 e. The molecule has 2 aliphatic carbocycles. The molecule has 1 aliphatic heterocycles. The van der Waals surface area contributed by atoms with Crippen molar-refractivity contribution in [1.82, 2.24) is 5.32 Å². The number of hydrogen-bond acceptors (Lipinski definition) is 3. The molecule has 3 heteroatoms. The molecule has 0 aromatic heterocycles. The molecular weight excluding hydrogens is 240 g/mol. The highest BCUT2D eigenvalue weighted by Crippen LogP contribution is 2.41. The average molecular weight is 258 g/mol. The summed E-state index contributed by atoms with van der Waals surface area (Å²) in [6.45, 7) is 1.04. The van der Waals surface area contributed by atoms with Gasteiger partial charge in [0.1, 0.15) is 0 Å². The Morgan fingerprint density at radius 3 is 2.50 bits per heavy atom. The maximum atomic E-state index is 4.67. The molecule has 4 rings (SSSR count). The van der Waals surface area contributed by atoms with Gasteiger partial charge in [-0.25, -0.2) is 0 Å². The molecule has 3 aliphatic rings. The number of aliphatic imine (C=N–C) groups is 1. The molecule has 94 valence electrons. The molecule has 1 heterocycles. The Morgan fingerprint density at radius 2 is 1.83 bits per heavy atom. The fourth-order valence-corrected chi connectivity index (χ4v) is 4.30. The molecule has 1 atom stereocenters. The van der Waals surface area contributed by atoms with Crippen molar-refractivity contribution in [2.24, 2.45) is 10.9 Å². The third kappa shape index (κ3) is 2.05. The lowest BCUT2D eigenvalue weighted by molar-refractivity contribution is 0.648. The normalized spacial score (nSPS) is 27.1.